The summed E-state index contributed by atoms with van der Waals surface area (Å²) in [4.78, 5) is 16.0. The van der Waals surface area contributed by atoms with Crippen LogP contribution in [0.3, 0.4) is 0 Å². The maximum absolute atomic E-state index is 11.7. The third-order valence-corrected chi connectivity index (χ3v) is 2.37. The first-order valence-electron chi connectivity index (χ1n) is 5.24. The van der Waals surface area contributed by atoms with Crippen LogP contribution in [0.25, 0.3) is 0 Å². The van der Waals surface area contributed by atoms with Crippen molar-refractivity contribution < 1.29 is 4.79 Å². The lowest BCUT2D eigenvalue weighted by molar-refractivity contribution is 0.0958. The molecule has 90 valence electrons. The van der Waals surface area contributed by atoms with Crippen molar-refractivity contribution in [1.29, 1.82) is 0 Å². The molecule has 3 nitrogen and oxygen atoms in total. The van der Waals surface area contributed by atoms with Crippen molar-refractivity contribution in [2.45, 2.75) is 26.2 Å². The molecule has 0 spiro atoms. The van der Waals surface area contributed by atoms with E-state index in [2.05, 4.69) is 16.2 Å². The summed E-state index contributed by atoms with van der Waals surface area (Å²) < 4.78 is 0. The van der Waals surface area contributed by atoms with Crippen LogP contribution in [0.5, 0.6) is 0 Å². The van der Waals surface area contributed by atoms with E-state index < -0.39 is 0 Å². The van der Waals surface area contributed by atoms with Gasteiger partial charge in [-0.15, -0.1) is 6.42 Å². The van der Waals surface area contributed by atoms with Gasteiger partial charge in [-0.1, -0.05) is 38.3 Å². The number of rotatable bonds is 2. The molecule has 0 atom stereocenters. The predicted octanol–water partition coefficient (Wildman–Crippen LogP) is 2.40. The second-order valence-corrected chi connectivity index (χ2v) is 5.09. The lowest BCUT2D eigenvalue weighted by Gasteiger charge is -2.18. The van der Waals surface area contributed by atoms with Crippen LogP contribution in [-0.4, -0.2) is 17.4 Å². The molecular weight excluding hydrogens is 236 g/mol. The number of terminal acetylenes is 1. The van der Waals surface area contributed by atoms with Crippen molar-refractivity contribution in [3.05, 3.63) is 28.5 Å². The smallest absolute Gasteiger partial charge is 0.252 e. The average Bonchev–Trinajstić information content (AvgIpc) is 2.23. The van der Waals surface area contributed by atoms with Crippen LogP contribution in [-0.2, 0) is 5.41 Å². The van der Waals surface area contributed by atoms with Gasteiger partial charge in [-0.2, -0.15) is 0 Å². The molecule has 17 heavy (non-hydrogen) atoms. The summed E-state index contributed by atoms with van der Waals surface area (Å²) in [7, 11) is 0. The molecule has 0 aliphatic heterocycles. The first-order chi connectivity index (χ1) is 7.84. The number of hydrogen-bond donors (Lipinski definition) is 1. The minimum Gasteiger partial charge on any atom is -0.341 e. The molecule has 0 aromatic carbocycles. The standard InChI is InChI=1S/C13H15ClN2O/c1-5-6-15-12(17)9-7-10(13(2,3)4)16-11(14)8-9/h1,7-8H,6H2,2-4H3,(H,15,17). The summed E-state index contributed by atoms with van der Waals surface area (Å²) >= 11 is 5.90. The molecule has 1 amide bonds. The summed E-state index contributed by atoms with van der Waals surface area (Å²) in [6.07, 6.45) is 5.08. The van der Waals surface area contributed by atoms with Crippen LogP contribution in [0.15, 0.2) is 12.1 Å². The van der Waals surface area contributed by atoms with E-state index in [-0.39, 0.29) is 17.9 Å². The quantitative estimate of drug-likeness (QED) is 0.647. The third kappa shape index (κ3) is 3.76. The molecule has 0 fully saturated rings. The van der Waals surface area contributed by atoms with Gasteiger partial charge in [0.1, 0.15) is 5.15 Å². The molecule has 0 unspecified atom stereocenters. The highest BCUT2D eigenvalue weighted by Gasteiger charge is 2.18. The summed E-state index contributed by atoms with van der Waals surface area (Å²) in [5.74, 6) is 2.11. The van der Waals surface area contributed by atoms with E-state index in [9.17, 15) is 4.79 Å². The van der Waals surface area contributed by atoms with Gasteiger partial charge in [0, 0.05) is 16.7 Å². The molecule has 0 saturated carbocycles. The van der Waals surface area contributed by atoms with Crippen LogP contribution >= 0.6 is 11.6 Å². The number of aromatic nitrogens is 1. The predicted molar refractivity (Wildman–Crippen MR) is 69.1 cm³/mol. The molecular formula is C13H15ClN2O. The first kappa shape index (κ1) is 13.5. The summed E-state index contributed by atoms with van der Waals surface area (Å²) in [6, 6.07) is 3.26. The van der Waals surface area contributed by atoms with E-state index in [4.69, 9.17) is 18.0 Å². The Kier molecular flexibility index (Phi) is 4.14. The van der Waals surface area contributed by atoms with Crippen molar-refractivity contribution >= 4 is 17.5 Å². The van der Waals surface area contributed by atoms with E-state index in [0.717, 1.165) is 5.69 Å². The molecule has 4 heteroatoms. The normalized spacial score (nSPS) is 10.8. The number of carbonyl (C=O) groups excluding carboxylic acids is 1. The third-order valence-electron chi connectivity index (χ3n) is 2.18. The maximum atomic E-state index is 11.7. The van der Waals surface area contributed by atoms with E-state index in [0.29, 0.717) is 10.7 Å². The zero-order chi connectivity index (χ0) is 13.1. The van der Waals surface area contributed by atoms with Crippen LogP contribution in [0, 0.1) is 12.3 Å². The molecule has 0 aliphatic rings. The van der Waals surface area contributed by atoms with E-state index >= 15 is 0 Å². The van der Waals surface area contributed by atoms with Gasteiger partial charge in [0.15, 0.2) is 0 Å². The molecule has 0 aliphatic carbocycles. The van der Waals surface area contributed by atoms with Gasteiger partial charge >= 0.3 is 0 Å². The highest BCUT2D eigenvalue weighted by atomic mass is 35.5. The first-order valence-corrected chi connectivity index (χ1v) is 5.62. The number of pyridine rings is 1. The largest absolute Gasteiger partial charge is 0.341 e. The molecule has 1 heterocycles. The Morgan fingerprint density at radius 2 is 2.18 bits per heavy atom. The number of amides is 1. The lowest BCUT2D eigenvalue weighted by Crippen LogP contribution is -2.24. The maximum Gasteiger partial charge on any atom is 0.252 e. The zero-order valence-electron chi connectivity index (χ0n) is 10.2. The Morgan fingerprint density at radius 1 is 1.53 bits per heavy atom. The van der Waals surface area contributed by atoms with Gasteiger partial charge in [-0.3, -0.25) is 4.79 Å². The monoisotopic (exact) mass is 250 g/mol. The van der Waals surface area contributed by atoms with Crippen molar-refractivity contribution in [2.75, 3.05) is 6.54 Å². The topological polar surface area (TPSA) is 42.0 Å². The Morgan fingerprint density at radius 3 is 2.71 bits per heavy atom. The summed E-state index contributed by atoms with van der Waals surface area (Å²) in [6.45, 7) is 6.22. The Balaban J connectivity index is 3.06. The molecule has 1 aromatic rings. The number of nitrogens with one attached hydrogen (secondary N) is 1. The van der Waals surface area contributed by atoms with Crippen LogP contribution in [0.2, 0.25) is 5.15 Å². The summed E-state index contributed by atoms with van der Waals surface area (Å²) in [5.41, 5.74) is 1.09. The molecule has 0 saturated heterocycles. The second kappa shape index (κ2) is 5.20. The Labute approximate surface area is 107 Å². The van der Waals surface area contributed by atoms with E-state index in [1.54, 1.807) is 6.07 Å². The Bertz CT molecular complexity index is 469. The Hall–Kier alpha value is -1.53. The highest BCUT2D eigenvalue weighted by Crippen LogP contribution is 2.23. The zero-order valence-corrected chi connectivity index (χ0v) is 10.9. The lowest BCUT2D eigenvalue weighted by atomic mass is 9.91. The van der Waals surface area contributed by atoms with Crippen molar-refractivity contribution in [1.82, 2.24) is 10.3 Å². The number of hydrogen-bond acceptors (Lipinski definition) is 2. The fourth-order valence-electron chi connectivity index (χ4n) is 1.25. The number of halogens is 1. The van der Waals surface area contributed by atoms with Crippen molar-refractivity contribution in [3.8, 4) is 12.3 Å². The van der Waals surface area contributed by atoms with Gasteiger partial charge in [-0.25, -0.2) is 4.98 Å². The number of carbonyl (C=O) groups is 1. The van der Waals surface area contributed by atoms with Crippen LogP contribution in [0.1, 0.15) is 36.8 Å². The van der Waals surface area contributed by atoms with Crippen LogP contribution < -0.4 is 5.32 Å². The van der Waals surface area contributed by atoms with Crippen molar-refractivity contribution in [3.63, 3.8) is 0 Å². The van der Waals surface area contributed by atoms with E-state index in [1.165, 1.54) is 6.07 Å². The average molecular weight is 251 g/mol. The second-order valence-electron chi connectivity index (χ2n) is 4.70. The van der Waals surface area contributed by atoms with Gasteiger partial charge < -0.3 is 5.32 Å². The van der Waals surface area contributed by atoms with Gasteiger partial charge in [-0.05, 0) is 12.1 Å². The fourth-order valence-corrected chi connectivity index (χ4v) is 1.45. The molecule has 1 rings (SSSR count). The molecule has 0 bridgehead atoms. The molecule has 1 aromatic heterocycles. The van der Waals surface area contributed by atoms with Gasteiger partial charge in [0.05, 0.1) is 6.54 Å². The van der Waals surface area contributed by atoms with E-state index in [1.807, 2.05) is 20.8 Å². The van der Waals surface area contributed by atoms with Crippen molar-refractivity contribution in [2.24, 2.45) is 0 Å². The number of nitrogens with zero attached hydrogens (tertiary/aromatic N) is 1. The fraction of sp³-hybridized carbons (Fsp3) is 0.385. The summed E-state index contributed by atoms with van der Waals surface area (Å²) in [5, 5.41) is 2.90. The van der Waals surface area contributed by atoms with Crippen LogP contribution in [0.4, 0.5) is 0 Å². The minimum atomic E-state index is -0.238. The highest BCUT2D eigenvalue weighted by molar-refractivity contribution is 6.29. The van der Waals surface area contributed by atoms with Gasteiger partial charge in [0.2, 0.25) is 0 Å². The SMILES string of the molecule is C#CCNC(=O)c1cc(Cl)nc(C(C)(C)C)c1. The van der Waals surface area contributed by atoms with Gasteiger partial charge in [0.25, 0.3) is 5.91 Å². The molecule has 1 N–H and O–H groups in total. The molecule has 0 radical (unpaired) electrons. The minimum absolute atomic E-state index is 0.161.